The Morgan fingerprint density at radius 2 is 1.94 bits per heavy atom. The quantitative estimate of drug-likeness (QED) is 0.756. The van der Waals surface area contributed by atoms with Gasteiger partial charge in [0.2, 0.25) is 5.91 Å². The maximum atomic E-state index is 12.5. The van der Waals surface area contributed by atoms with E-state index in [1.807, 2.05) is 0 Å². The van der Waals surface area contributed by atoms with Gasteiger partial charge in [0, 0.05) is 19.0 Å². The average Bonchev–Trinajstić information content (AvgIpc) is 2.95. The smallest absolute Gasteiger partial charge is 0.353 e. The first kappa shape index (κ1) is 11.7. The third-order valence-corrected chi connectivity index (χ3v) is 3.05. The fraction of sp³-hybridized carbons (Fsp3) is 0.900. The lowest BCUT2D eigenvalue weighted by Gasteiger charge is -2.20. The highest BCUT2D eigenvalue weighted by atomic mass is 19.4. The molecule has 1 amide bonds. The second-order valence-electron chi connectivity index (χ2n) is 4.60. The van der Waals surface area contributed by atoms with Gasteiger partial charge < -0.3 is 10.6 Å². The normalized spacial score (nSPS) is 22.9. The van der Waals surface area contributed by atoms with Gasteiger partial charge in [-0.1, -0.05) is 0 Å². The van der Waals surface area contributed by atoms with E-state index in [4.69, 9.17) is 0 Å². The Balaban J connectivity index is 1.65. The Kier molecular flexibility index (Phi) is 2.86. The van der Waals surface area contributed by atoms with Crippen LogP contribution in [-0.4, -0.2) is 30.2 Å². The van der Waals surface area contributed by atoms with Gasteiger partial charge >= 0.3 is 6.18 Å². The molecule has 16 heavy (non-hydrogen) atoms. The lowest BCUT2D eigenvalue weighted by molar-refractivity contribution is -0.166. The molecule has 0 aromatic rings. The first-order chi connectivity index (χ1) is 7.43. The van der Waals surface area contributed by atoms with Crippen molar-refractivity contribution < 1.29 is 18.0 Å². The zero-order valence-corrected chi connectivity index (χ0v) is 8.86. The molecule has 92 valence electrons. The SMILES string of the molecule is O=C(CCNC1(C(F)(F)F)CC1)NC1CC1. The van der Waals surface area contributed by atoms with Crippen molar-refractivity contribution in [3.05, 3.63) is 0 Å². The molecule has 0 atom stereocenters. The molecule has 2 saturated carbocycles. The topological polar surface area (TPSA) is 41.1 Å². The van der Waals surface area contributed by atoms with E-state index in [1.165, 1.54) is 0 Å². The molecule has 2 rings (SSSR count). The highest BCUT2D eigenvalue weighted by molar-refractivity contribution is 5.76. The minimum absolute atomic E-state index is 0.0953. The van der Waals surface area contributed by atoms with E-state index in [2.05, 4.69) is 10.6 Å². The summed E-state index contributed by atoms with van der Waals surface area (Å²) < 4.78 is 37.4. The molecule has 0 aromatic carbocycles. The molecule has 0 unspecified atom stereocenters. The van der Waals surface area contributed by atoms with Crippen molar-refractivity contribution in [2.24, 2.45) is 0 Å². The minimum atomic E-state index is -4.19. The molecule has 0 aromatic heterocycles. The number of rotatable bonds is 5. The Morgan fingerprint density at radius 3 is 2.38 bits per heavy atom. The largest absolute Gasteiger partial charge is 0.406 e. The van der Waals surface area contributed by atoms with E-state index in [1.54, 1.807) is 0 Å². The van der Waals surface area contributed by atoms with Gasteiger partial charge in [-0.25, -0.2) is 0 Å². The lowest BCUT2D eigenvalue weighted by Crippen LogP contribution is -2.46. The Hall–Kier alpha value is -0.780. The van der Waals surface area contributed by atoms with E-state index in [9.17, 15) is 18.0 Å². The Morgan fingerprint density at radius 1 is 1.31 bits per heavy atom. The van der Waals surface area contributed by atoms with Crippen molar-refractivity contribution in [2.45, 2.75) is 49.9 Å². The fourth-order valence-electron chi connectivity index (χ4n) is 1.63. The monoisotopic (exact) mass is 236 g/mol. The number of nitrogens with one attached hydrogen (secondary N) is 2. The van der Waals surface area contributed by atoms with Crippen molar-refractivity contribution in [3.8, 4) is 0 Å². The van der Waals surface area contributed by atoms with Crippen LogP contribution in [0.4, 0.5) is 13.2 Å². The van der Waals surface area contributed by atoms with Gasteiger partial charge in [-0.2, -0.15) is 13.2 Å². The predicted octanol–water partition coefficient (Wildman–Crippen LogP) is 1.34. The van der Waals surface area contributed by atoms with Crippen LogP contribution in [-0.2, 0) is 4.79 Å². The first-order valence-electron chi connectivity index (χ1n) is 5.54. The van der Waals surface area contributed by atoms with Crippen LogP contribution in [0, 0.1) is 0 Å². The molecule has 0 spiro atoms. The number of hydrogen-bond donors (Lipinski definition) is 2. The molecule has 2 aliphatic carbocycles. The first-order valence-corrected chi connectivity index (χ1v) is 5.54. The van der Waals surface area contributed by atoms with Crippen LogP contribution in [0.5, 0.6) is 0 Å². The van der Waals surface area contributed by atoms with Crippen LogP contribution in [0.2, 0.25) is 0 Å². The van der Waals surface area contributed by atoms with Crippen LogP contribution < -0.4 is 10.6 Å². The molecule has 0 heterocycles. The third-order valence-electron chi connectivity index (χ3n) is 3.05. The predicted molar refractivity (Wildman–Crippen MR) is 51.8 cm³/mol. The highest BCUT2D eigenvalue weighted by Crippen LogP contribution is 2.48. The van der Waals surface area contributed by atoms with Crippen molar-refractivity contribution in [1.82, 2.24) is 10.6 Å². The molecule has 0 bridgehead atoms. The summed E-state index contributed by atoms with van der Waals surface area (Å²) in [4.78, 5) is 11.2. The number of carbonyl (C=O) groups excluding carboxylic acids is 1. The maximum absolute atomic E-state index is 12.5. The number of hydrogen-bond acceptors (Lipinski definition) is 2. The van der Waals surface area contributed by atoms with E-state index < -0.39 is 11.7 Å². The number of amides is 1. The van der Waals surface area contributed by atoms with Gasteiger partial charge in [0.05, 0.1) is 0 Å². The summed E-state index contributed by atoms with van der Waals surface area (Å²) in [7, 11) is 0. The van der Waals surface area contributed by atoms with Gasteiger partial charge in [-0.15, -0.1) is 0 Å². The second kappa shape index (κ2) is 3.91. The zero-order valence-electron chi connectivity index (χ0n) is 8.86. The molecule has 2 aliphatic rings. The molecule has 6 heteroatoms. The minimum Gasteiger partial charge on any atom is -0.353 e. The van der Waals surface area contributed by atoms with E-state index in [0.717, 1.165) is 12.8 Å². The number of halogens is 3. The van der Waals surface area contributed by atoms with Crippen LogP contribution in [0.25, 0.3) is 0 Å². The second-order valence-corrected chi connectivity index (χ2v) is 4.60. The molecule has 0 saturated heterocycles. The number of alkyl halides is 3. The van der Waals surface area contributed by atoms with Crippen LogP contribution in [0.1, 0.15) is 32.1 Å². The van der Waals surface area contributed by atoms with Crippen LogP contribution in [0.15, 0.2) is 0 Å². The zero-order chi connectivity index (χ0) is 11.8. The fourth-order valence-corrected chi connectivity index (χ4v) is 1.63. The van der Waals surface area contributed by atoms with Crippen molar-refractivity contribution in [2.75, 3.05) is 6.54 Å². The summed E-state index contributed by atoms with van der Waals surface area (Å²) in [6.07, 6.45) is -1.84. The summed E-state index contributed by atoms with van der Waals surface area (Å²) in [6, 6.07) is 0.269. The van der Waals surface area contributed by atoms with Gasteiger partial charge in [0.15, 0.2) is 0 Å². The lowest BCUT2D eigenvalue weighted by atomic mass is 10.2. The van der Waals surface area contributed by atoms with E-state index in [0.29, 0.717) is 0 Å². The summed E-state index contributed by atoms with van der Waals surface area (Å²) in [5.74, 6) is -0.159. The van der Waals surface area contributed by atoms with E-state index >= 15 is 0 Å². The Bertz CT molecular complexity index is 282. The summed E-state index contributed by atoms with van der Waals surface area (Å²) in [5, 5.41) is 5.19. The van der Waals surface area contributed by atoms with Gasteiger partial charge in [0.25, 0.3) is 0 Å². The molecule has 0 radical (unpaired) electrons. The summed E-state index contributed by atoms with van der Waals surface area (Å²) >= 11 is 0. The number of carbonyl (C=O) groups is 1. The van der Waals surface area contributed by atoms with Gasteiger partial charge in [-0.3, -0.25) is 4.79 Å². The molecular weight excluding hydrogens is 221 g/mol. The molecule has 2 fully saturated rings. The molecule has 0 aliphatic heterocycles. The molecule has 2 N–H and O–H groups in total. The van der Waals surface area contributed by atoms with Crippen molar-refractivity contribution in [3.63, 3.8) is 0 Å². The van der Waals surface area contributed by atoms with Crippen LogP contribution >= 0.6 is 0 Å². The maximum Gasteiger partial charge on any atom is 0.406 e. The standard InChI is InChI=1S/C10H15F3N2O/c11-10(12,13)9(4-5-9)14-6-3-8(16)15-7-1-2-7/h7,14H,1-6H2,(H,15,16). The van der Waals surface area contributed by atoms with Crippen LogP contribution in [0.3, 0.4) is 0 Å². The highest BCUT2D eigenvalue weighted by Gasteiger charge is 2.62. The summed E-state index contributed by atoms with van der Waals surface area (Å²) in [6.45, 7) is 0.0953. The van der Waals surface area contributed by atoms with E-state index in [-0.39, 0.29) is 37.8 Å². The van der Waals surface area contributed by atoms with Gasteiger partial charge in [-0.05, 0) is 25.7 Å². The molecule has 3 nitrogen and oxygen atoms in total. The van der Waals surface area contributed by atoms with Crippen molar-refractivity contribution in [1.29, 1.82) is 0 Å². The van der Waals surface area contributed by atoms with Crippen molar-refractivity contribution >= 4 is 5.91 Å². The summed E-state index contributed by atoms with van der Waals surface area (Å²) in [5.41, 5.74) is -1.70. The Labute approximate surface area is 91.8 Å². The molecular formula is C10H15F3N2O. The third kappa shape index (κ3) is 2.66. The average molecular weight is 236 g/mol. The van der Waals surface area contributed by atoms with Gasteiger partial charge in [0.1, 0.15) is 5.54 Å².